The predicted octanol–water partition coefficient (Wildman–Crippen LogP) is 4.09. The molecule has 0 aromatic heterocycles. The van der Waals surface area contributed by atoms with E-state index in [1.165, 1.54) is 0 Å². The van der Waals surface area contributed by atoms with Gasteiger partial charge in [0.25, 0.3) is 5.91 Å². The van der Waals surface area contributed by atoms with Crippen LogP contribution in [0.15, 0.2) is 45.9 Å². The second-order valence-corrected chi connectivity index (χ2v) is 5.84. The average Bonchev–Trinajstić information content (AvgIpc) is 2.83. The first kappa shape index (κ1) is 14.8. The zero-order valence-electron chi connectivity index (χ0n) is 12.3. The molecule has 0 atom stereocenters. The minimum atomic E-state index is -0.186. The van der Waals surface area contributed by atoms with Crippen LogP contribution in [-0.4, -0.2) is 18.7 Å². The quantitative estimate of drug-likeness (QED) is 0.897. The number of para-hydroxylation sites is 2. The smallest absolute Gasteiger partial charge is 0.275 e. The number of hydrogen-bond acceptors (Lipinski definition) is 3. The molecule has 0 fully saturated rings. The van der Waals surface area contributed by atoms with Crippen molar-refractivity contribution in [3.63, 3.8) is 0 Å². The Balaban J connectivity index is 2.16. The number of carbonyl (C=O) groups excluding carboxylic acids is 1. The molecule has 1 N–H and O–H groups in total. The minimum absolute atomic E-state index is 0.186. The number of halogens is 1. The van der Waals surface area contributed by atoms with Gasteiger partial charge in [-0.2, -0.15) is 0 Å². The molecule has 1 heterocycles. The molecule has 1 aliphatic rings. The molecule has 1 amide bonds. The van der Waals surface area contributed by atoms with Gasteiger partial charge >= 0.3 is 0 Å². The molecule has 0 aliphatic carbocycles. The fourth-order valence-corrected chi connectivity index (χ4v) is 3.03. The number of benzene rings is 2. The van der Waals surface area contributed by atoms with Crippen molar-refractivity contribution in [1.29, 1.82) is 0 Å². The summed E-state index contributed by atoms with van der Waals surface area (Å²) in [7, 11) is 1.59. The molecule has 0 saturated carbocycles. The number of aliphatic imine (C=N–C) groups is 1. The summed E-state index contributed by atoms with van der Waals surface area (Å²) in [5, 5.41) is 2.92. The Morgan fingerprint density at radius 2 is 2.05 bits per heavy atom. The summed E-state index contributed by atoms with van der Waals surface area (Å²) in [6.45, 7) is 2.06. The van der Waals surface area contributed by atoms with E-state index in [9.17, 15) is 4.79 Å². The van der Waals surface area contributed by atoms with E-state index in [1.54, 1.807) is 7.11 Å². The summed E-state index contributed by atoms with van der Waals surface area (Å²) < 4.78 is 6.24. The van der Waals surface area contributed by atoms with Crippen LogP contribution >= 0.6 is 15.9 Å². The van der Waals surface area contributed by atoms with Gasteiger partial charge in [0, 0.05) is 10.0 Å². The van der Waals surface area contributed by atoms with Crippen LogP contribution in [0.2, 0.25) is 0 Å². The van der Waals surface area contributed by atoms with Crippen molar-refractivity contribution in [3.05, 3.63) is 52.0 Å². The van der Waals surface area contributed by atoms with E-state index < -0.39 is 0 Å². The summed E-state index contributed by atoms with van der Waals surface area (Å²) in [6, 6.07) is 11.3. The van der Waals surface area contributed by atoms with Crippen molar-refractivity contribution in [2.75, 3.05) is 12.4 Å². The topological polar surface area (TPSA) is 50.7 Å². The van der Waals surface area contributed by atoms with E-state index in [2.05, 4.69) is 33.2 Å². The lowest BCUT2D eigenvalue weighted by Crippen LogP contribution is -2.14. The first-order valence-corrected chi connectivity index (χ1v) is 7.79. The Morgan fingerprint density at radius 1 is 1.27 bits per heavy atom. The number of fused-ring (bicyclic) bond motifs is 1. The molecule has 2 aromatic rings. The molecule has 5 heteroatoms. The van der Waals surface area contributed by atoms with Crippen LogP contribution in [0.4, 0.5) is 11.4 Å². The second kappa shape index (κ2) is 5.93. The highest BCUT2D eigenvalue weighted by Crippen LogP contribution is 2.34. The van der Waals surface area contributed by atoms with E-state index in [4.69, 9.17) is 4.74 Å². The van der Waals surface area contributed by atoms with Gasteiger partial charge < -0.3 is 10.1 Å². The molecule has 0 saturated heterocycles. The zero-order chi connectivity index (χ0) is 15.7. The van der Waals surface area contributed by atoms with E-state index in [0.29, 0.717) is 17.1 Å². The third-order valence-corrected chi connectivity index (χ3v) is 4.05. The van der Waals surface area contributed by atoms with Gasteiger partial charge in [-0.3, -0.25) is 4.79 Å². The lowest BCUT2D eigenvalue weighted by atomic mass is 10.0. The molecule has 0 spiro atoms. The highest BCUT2D eigenvalue weighted by Gasteiger charge is 2.28. The fourth-order valence-electron chi connectivity index (χ4n) is 2.53. The number of hydrogen-bond donors (Lipinski definition) is 1. The first-order valence-electron chi connectivity index (χ1n) is 7.00. The number of anilines is 1. The maximum absolute atomic E-state index is 12.3. The number of ether oxygens (including phenoxy) is 1. The Kier molecular flexibility index (Phi) is 3.98. The van der Waals surface area contributed by atoms with Crippen molar-refractivity contribution in [3.8, 4) is 5.75 Å². The Hall–Kier alpha value is -2.14. The zero-order valence-corrected chi connectivity index (χ0v) is 13.9. The molecule has 112 valence electrons. The largest absolute Gasteiger partial charge is 0.494 e. The standard InChI is InChI=1S/C17H15BrN2O2/c1-3-10-8-11(18)9-12-15(10)20-17(21)16(12)19-13-6-4-5-7-14(13)22-2/h4-9H,3H2,1-2H3,(H,19,20,21). The van der Waals surface area contributed by atoms with Crippen LogP contribution in [0.3, 0.4) is 0 Å². The number of nitrogens with zero attached hydrogens (tertiary/aromatic N) is 1. The summed E-state index contributed by atoms with van der Waals surface area (Å²) in [4.78, 5) is 16.8. The molecular weight excluding hydrogens is 344 g/mol. The van der Waals surface area contributed by atoms with Crippen molar-refractivity contribution in [1.82, 2.24) is 0 Å². The molecular formula is C17H15BrN2O2. The molecule has 0 bridgehead atoms. The SMILES string of the molecule is CCc1cc(Br)cc2c1NC(=O)C2=Nc1ccccc1OC. The van der Waals surface area contributed by atoms with Crippen molar-refractivity contribution in [2.45, 2.75) is 13.3 Å². The molecule has 4 nitrogen and oxygen atoms in total. The number of nitrogens with one attached hydrogen (secondary N) is 1. The van der Waals surface area contributed by atoms with Gasteiger partial charge in [-0.15, -0.1) is 0 Å². The number of amides is 1. The molecule has 1 aliphatic heterocycles. The summed E-state index contributed by atoms with van der Waals surface area (Å²) in [6.07, 6.45) is 0.837. The molecule has 22 heavy (non-hydrogen) atoms. The molecule has 0 unspecified atom stereocenters. The summed E-state index contributed by atoms with van der Waals surface area (Å²) >= 11 is 3.50. The maximum Gasteiger partial charge on any atom is 0.275 e. The lowest BCUT2D eigenvalue weighted by Gasteiger charge is -2.07. The van der Waals surface area contributed by atoms with Crippen LogP contribution in [-0.2, 0) is 11.2 Å². The maximum atomic E-state index is 12.3. The van der Waals surface area contributed by atoms with Gasteiger partial charge in [0.2, 0.25) is 0 Å². The Bertz CT molecular complexity index is 784. The van der Waals surface area contributed by atoms with Crippen molar-refractivity contribution < 1.29 is 9.53 Å². The highest BCUT2D eigenvalue weighted by molar-refractivity contribution is 9.10. The normalized spacial score (nSPS) is 14.9. The van der Waals surface area contributed by atoms with Crippen LogP contribution in [0.5, 0.6) is 5.75 Å². The molecule has 0 radical (unpaired) electrons. The third kappa shape index (κ3) is 2.52. The second-order valence-electron chi connectivity index (χ2n) is 4.93. The minimum Gasteiger partial charge on any atom is -0.494 e. The fraction of sp³-hybridized carbons (Fsp3) is 0.176. The molecule has 3 rings (SSSR count). The highest BCUT2D eigenvalue weighted by atomic mass is 79.9. The van der Waals surface area contributed by atoms with Gasteiger partial charge in [-0.25, -0.2) is 4.99 Å². The lowest BCUT2D eigenvalue weighted by molar-refractivity contribution is -0.110. The number of carbonyl (C=O) groups is 1. The van der Waals surface area contributed by atoms with Crippen molar-refractivity contribution in [2.24, 2.45) is 4.99 Å². The number of rotatable bonds is 3. The van der Waals surface area contributed by atoms with Crippen LogP contribution < -0.4 is 10.1 Å². The summed E-state index contributed by atoms with van der Waals surface area (Å²) in [5.41, 5.74) is 3.81. The summed E-state index contributed by atoms with van der Waals surface area (Å²) in [5.74, 6) is 0.454. The predicted molar refractivity (Wildman–Crippen MR) is 91.3 cm³/mol. The van der Waals surface area contributed by atoms with Gasteiger partial charge in [-0.05, 0) is 36.2 Å². The van der Waals surface area contributed by atoms with Crippen LogP contribution in [0, 0.1) is 0 Å². The van der Waals surface area contributed by atoms with Crippen LogP contribution in [0.1, 0.15) is 18.1 Å². The van der Waals surface area contributed by atoms with Crippen LogP contribution in [0.25, 0.3) is 0 Å². The molecule has 2 aromatic carbocycles. The van der Waals surface area contributed by atoms with E-state index >= 15 is 0 Å². The first-order chi connectivity index (χ1) is 10.6. The van der Waals surface area contributed by atoms with Gasteiger partial charge in [0.15, 0.2) is 0 Å². The van der Waals surface area contributed by atoms with E-state index in [0.717, 1.165) is 27.7 Å². The third-order valence-electron chi connectivity index (χ3n) is 3.59. The van der Waals surface area contributed by atoms with E-state index in [1.807, 2.05) is 36.4 Å². The Morgan fingerprint density at radius 3 is 2.77 bits per heavy atom. The van der Waals surface area contributed by atoms with Gasteiger partial charge in [0.1, 0.15) is 17.1 Å². The Labute approximate surface area is 137 Å². The number of aryl methyl sites for hydroxylation is 1. The van der Waals surface area contributed by atoms with Gasteiger partial charge in [0.05, 0.1) is 12.8 Å². The number of methoxy groups -OCH3 is 1. The average molecular weight is 359 g/mol. The van der Waals surface area contributed by atoms with Gasteiger partial charge in [-0.1, -0.05) is 35.0 Å². The van der Waals surface area contributed by atoms with Crippen molar-refractivity contribution >= 4 is 38.9 Å². The monoisotopic (exact) mass is 358 g/mol. The van der Waals surface area contributed by atoms with E-state index in [-0.39, 0.29) is 5.91 Å².